The minimum Gasteiger partial charge on any atom is -0.330 e. The lowest BCUT2D eigenvalue weighted by Crippen LogP contribution is -2.20. The quantitative estimate of drug-likeness (QED) is 0.644. The summed E-state index contributed by atoms with van der Waals surface area (Å²) in [5, 5.41) is 0. The Morgan fingerprint density at radius 3 is 2.40 bits per heavy atom. The molecule has 0 fully saturated rings. The van der Waals surface area contributed by atoms with Crippen molar-refractivity contribution in [1.29, 1.82) is 0 Å². The van der Waals surface area contributed by atoms with Crippen molar-refractivity contribution in [1.82, 2.24) is 0 Å². The van der Waals surface area contributed by atoms with E-state index in [1.54, 1.807) is 0 Å². The van der Waals surface area contributed by atoms with E-state index >= 15 is 0 Å². The third-order valence-electron chi connectivity index (χ3n) is 1.37. The van der Waals surface area contributed by atoms with Crippen molar-refractivity contribution in [2.75, 3.05) is 13.2 Å². The molecule has 0 aromatic rings. The summed E-state index contributed by atoms with van der Waals surface area (Å²) in [6, 6.07) is 0. The van der Waals surface area contributed by atoms with Gasteiger partial charge in [0.25, 0.3) is 0 Å². The topological polar surface area (TPSA) is 35.2 Å². The van der Waals surface area contributed by atoms with Crippen LogP contribution in [0.3, 0.4) is 0 Å². The zero-order valence-electron chi connectivity index (χ0n) is 6.02. The first-order valence-electron chi connectivity index (χ1n) is 3.30. The number of halogens is 2. The first-order chi connectivity index (χ1) is 4.70. The van der Waals surface area contributed by atoms with Crippen molar-refractivity contribution >= 4 is 0 Å². The van der Waals surface area contributed by atoms with E-state index in [0.29, 0.717) is 6.54 Å². The van der Waals surface area contributed by atoms with Crippen molar-refractivity contribution < 1.29 is 13.5 Å². The van der Waals surface area contributed by atoms with E-state index in [9.17, 15) is 8.78 Å². The Bertz CT molecular complexity index is 76.1. The van der Waals surface area contributed by atoms with Crippen LogP contribution in [0.25, 0.3) is 0 Å². The second kappa shape index (κ2) is 5.56. The third kappa shape index (κ3) is 4.64. The van der Waals surface area contributed by atoms with Crippen molar-refractivity contribution in [3.63, 3.8) is 0 Å². The molecule has 0 heterocycles. The highest BCUT2D eigenvalue weighted by Gasteiger charge is 2.07. The molecule has 0 aromatic carbocycles. The summed E-state index contributed by atoms with van der Waals surface area (Å²) in [4.78, 5) is 0. The lowest BCUT2D eigenvalue weighted by Gasteiger charge is -2.10. The maximum absolute atomic E-state index is 11.4. The molecule has 0 amide bonds. The van der Waals surface area contributed by atoms with Crippen LogP contribution in [0.4, 0.5) is 8.78 Å². The van der Waals surface area contributed by atoms with Gasteiger partial charge in [-0.15, -0.1) is 0 Å². The number of hydrogen-bond acceptors (Lipinski definition) is 2. The average Bonchev–Trinajstić information content (AvgIpc) is 1.90. The van der Waals surface area contributed by atoms with Crippen LogP contribution in [-0.4, -0.2) is 19.8 Å². The number of nitrogens with two attached hydrogens (primary N) is 1. The van der Waals surface area contributed by atoms with E-state index in [4.69, 9.17) is 5.73 Å². The van der Waals surface area contributed by atoms with Crippen LogP contribution in [0.2, 0.25) is 0 Å². The van der Waals surface area contributed by atoms with Crippen LogP contribution in [0.1, 0.15) is 13.3 Å². The third-order valence-corrected chi connectivity index (χ3v) is 1.37. The first kappa shape index (κ1) is 9.78. The summed E-state index contributed by atoms with van der Waals surface area (Å²) < 4.78 is 26.9. The van der Waals surface area contributed by atoms with Gasteiger partial charge in [0.15, 0.2) is 0 Å². The molecule has 1 atom stereocenters. The monoisotopic (exact) mass is 153 g/mol. The Morgan fingerprint density at radius 2 is 2.10 bits per heavy atom. The Hall–Kier alpha value is -0.220. The van der Waals surface area contributed by atoms with E-state index in [0.717, 1.165) is 6.42 Å². The predicted molar refractivity (Wildman–Crippen MR) is 34.8 cm³/mol. The molecule has 2 N–H and O–H groups in total. The molecule has 2 nitrogen and oxygen atoms in total. The molecule has 0 saturated heterocycles. The highest BCUT2D eigenvalue weighted by atomic mass is 19.3. The summed E-state index contributed by atoms with van der Waals surface area (Å²) >= 11 is 0. The molecule has 0 radical (unpaired) electrons. The normalized spacial score (nSPS) is 14.1. The Balaban J connectivity index is 3.26. The van der Waals surface area contributed by atoms with Gasteiger partial charge in [-0.3, -0.25) is 0 Å². The predicted octanol–water partition coefficient (Wildman–Crippen LogP) is 1.21. The van der Waals surface area contributed by atoms with Gasteiger partial charge < -0.3 is 10.5 Å². The smallest absolute Gasteiger partial charge is 0.330 e. The van der Waals surface area contributed by atoms with Crippen molar-refractivity contribution in [2.45, 2.75) is 20.0 Å². The van der Waals surface area contributed by atoms with Gasteiger partial charge in [0.05, 0.1) is 6.61 Å². The maximum atomic E-state index is 11.4. The van der Waals surface area contributed by atoms with Gasteiger partial charge >= 0.3 is 6.61 Å². The number of ether oxygens (including phenoxy) is 1. The highest BCUT2D eigenvalue weighted by Crippen LogP contribution is 2.03. The van der Waals surface area contributed by atoms with E-state index in [-0.39, 0.29) is 12.5 Å². The van der Waals surface area contributed by atoms with Crippen LogP contribution in [0.5, 0.6) is 0 Å². The Kier molecular flexibility index (Phi) is 5.43. The zero-order chi connectivity index (χ0) is 7.98. The summed E-state index contributed by atoms with van der Waals surface area (Å²) in [5.41, 5.74) is 5.24. The average molecular weight is 153 g/mol. The molecule has 0 aliphatic carbocycles. The number of rotatable bonds is 5. The largest absolute Gasteiger partial charge is 0.345 e. The van der Waals surface area contributed by atoms with Crippen molar-refractivity contribution in [3.8, 4) is 0 Å². The molecule has 62 valence electrons. The van der Waals surface area contributed by atoms with Crippen molar-refractivity contribution in [2.24, 2.45) is 11.7 Å². The van der Waals surface area contributed by atoms with Gasteiger partial charge in [-0.1, -0.05) is 6.92 Å². The summed E-state index contributed by atoms with van der Waals surface area (Å²) in [6.07, 6.45) is 0.781. The molecule has 0 saturated carbocycles. The summed E-state index contributed by atoms with van der Waals surface area (Å²) in [5.74, 6) is 0.0639. The molecule has 0 aromatic heterocycles. The van der Waals surface area contributed by atoms with Gasteiger partial charge in [0.1, 0.15) is 0 Å². The molecular weight excluding hydrogens is 140 g/mol. The lowest BCUT2D eigenvalue weighted by atomic mass is 10.1. The van der Waals surface area contributed by atoms with E-state index in [1.165, 1.54) is 0 Å². The van der Waals surface area contributed by atoms with Gasteiger partial charge in [-0.2, -0.15) is 8.78 Å². The number of alkyl halides is 2. The van der Waals surface area contributed by atoms with Crippen LogP contribution in [-0.2, 0) is 4.74 Å². The molecule has 0 aliphatic heterocycles. The zero-order valence-corrected chi connectivity index (χ0v) is 6.02. The molecule has 1 unspecified atom stereocenters. The molecule has 0 rings (SSSR count). The van der Waals surface area contributed by atoms with Crippen LogP contribution < -0.4 is 5.73 Å². The molecule has 4 heteroatoms. The van der Waals surface area contributed by atoms with Gasteiger partial charge in [-0.05, 0) is 18.9 Å². The molecule has 10 heavy (non-hydrogen) atoms. The fourth-order valence-electron chi connectivity index (χ4n) is 0.561. The number of hydrogen-bond donors (Lipinski definition) is 1. The van der Waals surface area contributed by atoms with Crippen molar-refractivity contribution in [3.05, 3.63) is 0 Å². The fraction of sp³-hybridized carbons (Fsp3) is 1.00. The summed E-state index contributed by atoms with van der Waals surface area (Å²) in [6.45, 7) is -0.305. The lowest BCUT2D eigenvalue weighted by molar-refractivity contribution is -0.137. The maximum Gasteiger partial charge on any atom is 0.345 e. The molecule has 0 aliphatic rings. The fourth-order valence-corrected chi connectivity index (χ4v) is 0.561. The van der Waals surface area contributed by atoms with Gasteiger partial charge in [0.2, 0.25) is 0 Å². The minimum atomic E-state index is -2.67. The Labute approximate surface area is 59.3 Å². The van der Waals surface area contributed by atoms with Crippen LogP contribution >= 0.6 is 0 Å². The van der Waals surface area contributed by atoms with Gasteiger partial charge in [-0.25, -0.2) is 0 Å². The van der Waals surface area contributed by atoms with Gasteiger partial charge in [0, 0.05) is 0 Å². The standard InChI is InChI=1S/C6H13F2NO/c1-2-5(3-9)4-10-6(7)8/h5-6H,2-4,9H2,1H3. The van der Waals surface area contributed by atoms with E-state index < -0.39 is 6.61 Å². The SMILES string of the molecule is CCC(CN)COC(F)F. The second-order valence-corrected chi connectivity index (χ2v) is 2.10. The van der Waals surface area contributed by atoms with Crippen LogP contribution in [0, 0.1) is 5.92 Å². The first-order valence-corrected chi connectivity index (χ1v) is 3.30. The van der Waals surface area contributed by atoms with E-state index in [1.807, 2.05) is 6.92 Å². The van der Waals surface area contributed by atoms with E-state index in [2.05, 4.69) is 4.74 Å². The summed E-state index contributed by atoms with van der Waals surface area (Å²) in [7, 11) is 0. The highest BCUT2D eigenvalue weighted by molar-refractivity contribution is 4.54. The minimum absolute atomic E-state index is 0.0602. The Morgan fingerprint density at radius 1 is 1.50 bits per heavy atom. The molecular formula is C6H13F2NO. The van der Waals surface area contributed by atoms with Crippen LogP contribution in [0.15, 0.2) is 0 Å². The second-order valence-electron chi connectivity index (χ2n) is 2.10. The molecule has 0 bridgehead atoms. The molecule has 0 spiro atoms.